The van der Waals surface area contributed by atoms with E-state index in [0.717, 1.165) is 17.2 Å². The van der Waals surface area contributed by atoms with E-state index in [4.69, 9.17) is 0 Å². The van der Waals surface area contributed by atoms with Gasteiger partial charge < -0.3 is 20.3 Å². The highest BCUT2D eigenvalue weighted by Gasteiger charge is 2.32. The number of hydrogen-bond donors (Lipinski definition) is 4. The van der Waals surface area contributed by atoms with Gasteiger partial charge in [0, 0.05) is 41.4 Å². The molecule has 3 aromatic carbocycles. The van der Waals surface area contributed by atoms with Gasteiger partial charge in [-0.05, 0) is 29.3 Å². The highest BCUT2D eigenvalue weighted by atomic mass is 19.1. The zero-order chi connectivity index (χ0) is 27.5. The molecule has 9 nitrogen and oxygen atoms in total. The maximum atomic E-state index is 15.4. The number of aromatic nitrogens is 3. The highest BCUT2D eigenvalue weighted by molar-refractivity contribution is 5.98. The molecule has 0 radical (unpaired) electrons. The van der Waals surface area contributed by atoms with Crippen LogP contribution in [0.4, 0.5) is 14.9 Å². The second-order valence-electron chi connectivity index (χ2n) is 9.03. The Morgan fingerprint density at radius 1 is 0.974 bits per heavy atom. The highest BCUT2D eigenvalue weighted by Crippen LogP contribution is 2.31. The molecule has 5 rings (SSSR count). The number of aryl methyl sites for hydroxylation is 1. The lowest BCUT2D eigenvalue weighted by Gasteiger charge is -2.27. The predicted molar refractivity (Wildman–Crippen MR) is 145 cm³/mol. The third-order valence-electron chi connectivity index (χ3n) is 6.53. The zero-order valence-electron chi connectivity index (χ0n) is 20.8. The number of carboxylic acid groups (broad SMARTS) is 1. The average molecular weight is 526 g/mol. The molecule has 0 spiro atoms. The molecule has 2 aromatic heterocycles. The first kappa shape index (κ1) is 25.4. The fourth-order valence-corrected chi connectivity index (χ4v) is 4.73. The first-order valence-corrected chi connectivity index (χ1v) is 12.1. The molecule has 2 heterocycles. The largest absolute Gasteiger partial charge is 0.465 e. The predicted octanol–water partition coefficient (Wildman–Crippen LogP) is 4.47. The van der Waals surface area contributed by atoms with Gasteiger partial charge in [0.2, 0.25) is 5.91 Å². The number of nitrogens with one attached hydrogen (secondary N) is 3. The standard InChI is InChI=1S/C29H24FN5O4/c1-35-16-22(21-15-31-34-25(21)28(35)37)20-13-12-19(14-23(20)30)32-27(36)26(33-29(38)39)24(17-8-4-2-5-9-17)18-10-6-3-7-11-18/h2-16,24,26,33H,1H3,(H,31,34)(H,32,36)(H,38,39). The summed E-state index contributed by atoms with van der Waals surface area (Å²) >= 11 is 0. The number of anilines is 1. The number of fused-ring (bicyclic) bond motifs is 1. The van der Waals surface area contributed by atoms with Crippen LogP contribution in [0.1, 0.15) is 17.0 Å². The third kappa shape index (κ3) is 5.12. The SMILES string of the molecule is Cn1cc(-c2ccc(NC(=O)C(NC(=O)O)C(c3ccccc3)c3ccccc3)cc2F)c2cn[nH]c2c1=O. The first-order chi connectivity index (χ1) is 18.8. The van der Waals surface area contributed by atoms with Crippen LogP contribution in [0, 0.1) is 5.82 Å². The Kier molecular flexibility index (Phi) is 6.92. The number of carbonyl (C=O) groups is 2. The van der Waals surface area contributed by atoms with E-state index in [0.29, 0.717) is 10.9 Å². The Labute approximate surface area is 221 Å². The topological polar surface area (TPSA) is 129 Å². The zero-order valence-corrected chi connectivity index (χ0v) is 20.8. The van der Waals surface area contributed by atoms with Gasteiger partial charge in [0.15, 0.2) is 0 Å². The van der Waals surface area contributed by atoms with E-state index < -0.39 is 29.8 Å². The summed E-state index contributed by atoms with van der Waals surface area (Å²) in [5, 5.41) is 21.6. The summed E-state index contributed by atoms with van der Waals surface area (Å²) in [7, 11) is 1.56. The summed E-state index contributed by atoms with van der Waals surface area (Å²) in [6, 6.07) is 21.1. The molecule has 1 unspecified atom stereocenters. The summed E-state index contributed by atoms with van der Waals surface area (Å²) < 4.78 is 16.7. The summed E-state index contributed by atoms with van der Waals surface area (Å²) in [6.45, 7) is 0. The molecule has 196 valence electrons. The minimum atomic E-state index is -1.37. The number of rotatable bonds is 7. The van der Waals surface area contributed by atoms with Crippen molar-refractivity contribution in [3.63, 3.8) is 0 Å². The van der Waals surface area contributed by atoms with E-state index >= 15 is 4.39 Å². The number of nitrogens with zero attached hydrogens (tertiary/aromatic N) is 2. The van der Waals surface area contributed by atoms with Gasteiger partial charge in [-0.2, -0.15) is 5.10 Å². The third-order valence-corrected chi connectivity index (χ3v) is 6.53. The fourth-order valence-electron chi connectivity index (χ4n) is 4.73. The quantitative estimate of drug-likeness (QED) is 0.249. The van der Waals surface area contributed by atoms with Crippen LogP contribution in [0.3, 0.4) is 0 Å². The molecule has 0 aliphatic rings. The molecule has 0 saturated heterocycles. The average Bonchev–Trinajstić information content (AvgIpc) is 3.42. The molecule has 39 heavy (non-hydrogen) atoms. The lowest BCUT2D eigenvalue weighted by atomic mass is 9.84. The summed E-state index contributed by atoms with van der Waals surface area (Å²) in [4.78, 5) is 37.6. The van der Waals surface area contributed by atoms with Crippen molar-refractivity contribution in [3.05, 3.63) is 119 Å². The van der Waals surface area contributed by atoms with Crippen LogP contribution in [0.25, 0.3) is 22.0 Å². The van der Waals surface area contributed by atoms with Gasteiger partial charge in [-0.25, -0.2) is 9.18 Å². The normalized spacial score (nSPS) is 11.9. The Morgan fingerprint density at radius 2 is 1.62 bits per heavy atom. The number of pyridine rings is 1. The number of hydrogen-bond acceptors (Lipinski definition) is 4. The Morgan fingerprint density at radius 3 is 2.21 bits per heavy atom. The maximum Gasteiger partial charge on any atom is 0.405 e. The second-order valence-corrected chi connectivity index (χ2v) is 9.03. The molecule has 1 atom stereocenters. The molecule has 0 aliphatic carbocycles. The van der Waals surface area contributed by atoms with E-state index in [1.165, 1.54) is 29.1 Å². The van der Waals surface area contributed by atoms with Crippen molar-refractivity contribution in [2.45, 2.75) is 12.0 Å². The van der Waals surface area contributed by atoms with Crippen molar-refractivity contribution < 1.29 is 19.1 Å². The van der Waals surface area contributed by atoms with Crippen molar-refractivity contribution in [1.82, 2.24) is 20.1 Å². The van der Waals surface area contributed by atoms with Gasteiger partial charge in [0.05, 0.1) is 6.20 Å². The van der Waals surface area contributed by atoms with Crippen LogP contribution in [0.5, 0.6) is 0 Å². The Hall–Kier alpha value is -5.25. The Balaban J connectivity index is 1.49. The van der Waals surface area contributed by atoms with Gasteiger partial charge in [-0.1, -0.05) is 60.7 Å². The molecule has 0 bridgehead atoms. The van der Waals surface area contributed by atoms with Gasteiger partial charge in [-0.15, -0.1) is 0 Å². The first-order valence-electron chi connectivity index (χ1n) is 12.1. The number of benzene rings is 3. The molecular weight excluding hydrogens is 501 g/mol. The number of carbonyl (C=O) groups excluding carboxylic acids is 1. The number of halogens is 1. The molecule has 10 heteroatoms. The van der Waals surface area contributed by atoms with Crippen molar-refractivity contribution in [1.29, 1.82) is 0 Å². The van der Waals surface area contributed by atoms with E-state index in [2.05, 4.69) is 20.8 Å². The van der Waals surface area contributed by atoms with E-state index in [-0.39, 0.29) is 22.3 Å². The van der Waals surface area contributed by atoms with Crippen LogP contribution in [-0.4, -0.2) is 37.9 Å². The van der Waals surface area contributed by atoms with Gasteiger partial charge in [0.1, 0.15) is 17.4 Å². The lowest BCUT2D eigenvalue weighted by molar-refractivity contribution is -0.118. The second kappa shape index (κ2) is 10.6. The Bertz CT molecular complexity index is 1680. The molecule has 2 amide bonds. The van der Waals surface area contributed by atoms with Crippen LogP contribution in [-0.2, 0) is 11.8 Å². The van der Waals surface area contributed by atoms with Gasteiger partial charge >= 0.3 is 6.09 Å². The van der Waals surface area contributed by atoms with Crippen molar-refractivity contribution in [2.24, 2.45) is 7.05 Å². The molecular formula is C29H24FN5O4. The van der Waals surface area contributed by atoms with Crippen molar-refractivity contribution in [3.8, 4) is 11.1 Å². The fraction of sp³-hybridized carbons (Fsp3) is 0.103. The minimum absolute atomic E-state index is 0.145. The molecule has 0 saturated carbocycles. The number of H-pyrrole nitrogens is 1. The van der Waals surface area contributed by atoms with Crippen LogP contribution < -0.4 is 16.2 Å². The van der Waals surface area contributed by atoms with E-state index in [1.54, 1.807) is 7.05 Å². The molecule has 4 N–H and O–H groups in total. The van der Waals surface area contributed by atoms with Gasteiger partial charge in [0.25, 0.3) is 5.56 Å². The van der Waals surface area contributed by atoms with Crippen LogP contribution in [0.15, 0.2) is 96.1 Å². The van der Waals surface area contributed by atoms with Crippen LogP contribution in [0.2, 0.25) is 0 Å². The summed E-state index contributed by atoms with van der Waals surface area (Å²) in [6.07, 6.45) is 1.61. The lowest BCUT2D eigenvalue weighted by Crippen LogP contribution is -2.47. The number of aromatic amines is 1. The molecule has 5 aromatic rings. The maximum absolute atomic E-state index is 15.4. The molecule has 0 aliphatic heterocycles. The van der Waals surface area contributed by atoms with E-state index in [9.17, 15) is 19.5 Å². The monoisotopic (exact) mass is 525 g/mol. The summed E-state index contributed by atoms with van der Waals surface area (Å²) in [5.74, 6) is -1.94. The summed E-state index contributed by atoms with van der Waals surface area (Å²) in [5.41, 5.74) is 2.24. The van der Waals surface area contributed by atoms with E-state index in [1.807, 2.05) is 60.7 Å². The minimum Gasteiger partial charge on any atom is -0.465 e. The van der Waals surface area contributed by atoms with Crippen molar-refractivity contribution >= 4 is 28.6 Å². The molecule has 0 fully saturated rings. The van der Waals surface area contributed by atoms with Crippen LogP contribution >= 0.6 is 0 Å². The van der Waals surface area contributed by atoms with Crippen molar-refractivity contribution in [2.75, 3.05) is 5.32 Å². The smallest absolute Gasteiger partial charge is 0.405 e. The number of amides is 2. The van der Waals surface area contributed by atoms with Gasteiger partial charge in [-0.3, -0.25) is 14.7 Å².